The van der Waals surface area contributed by atoms with Gasteiger partial charge < -0.3 is 10.6 Å². The number of aromatic nitrogens is 2. The Balaban J connectivity index is 2.40. The van der Waals surface area contributed by atoms with Crippen LogP contribution in [0.4, 0.5) is 5.69 Å². The Morgan fingerprint density at radius 3 is 2.73 bits per heavy atom. The van der Waals surface area contributed by atoms with Gasteiger partial charge in [0.25, 0.3) is 11.6 Å². The summed E-state index contributed by atoms with van der Waals surface area (Å²) >= 11 is 0. The topological polar surface area (TPSA) is 119 Å². The van der Waals surface area contributed by atoms with Gasteiger partial charge in [-0.15, -0.1) is 0 Å². The van der Waals surface area contributed by atoms with Crippen LogP contribution in [0.3, 0.4) is 0 Å². The largest absolute Gasteiger partial charge is 0.349 e. The quantitative estimate of drug-likeness (QED) is 0.566. The van der Waals surface area contributed by atoms with E-state index in [9.17, 15) is 19.7 Å². The zero-order valence-electron chi connectivity index (χ0n) is 14.9. The van der Waals surface area contributed by atoms with E-state index in [4.69, 9.17) is 0 Å². The van der Waals surface area contributed by atoms with E-state index in [1.54, 1.807) is 13.0 Å². The fourth-order valence-corrected chi connectivity index (χ4v) is 2.50. The smallest absolute Gasteiger partial charge is 0.294 e. The molecule has 0 bridgehead atoms. The fourth-order valence-electron chi connectivity index (χ4n) is 2.50. The monoisotopic (exact) mass is 359 g/mol. The predicted molar refractivity (Wildman–Crippen MR) is 96.7 cm³/mol. The average Bonchev–Trinajstić information content (AvgIpc) is 2.60. The Hall–Kier alpha value is -3.07. The van der Waals surface area contributed by atoms with Crippen LogP contribution in [0.2, 0.25) is 0 Å². The number of carbonyl (C=O) groups is 1. The van der Waals surface area contributed by atoms with Gasteiger partial charge in [-0.05, 0) is 26.5 Å². The van der Waals surface area contributed by atoms with Crippen LogP contribution in [0.15, 0.2) is 35.1 Å². The van der Waals surface area contributed by atoms with Gasteiger partial charge in [0, 0.05) is 30.4 Å². The third-order valence-electron chi connectivity index (χ3n) is 3.75. The summed E-state index contributed by atoms with van der Waals surface area (Å²) in [5, 5.41) is 21.1. The molecule has 0 aliphatic carbocycles. The van der Waals surface area contributed by atoms with Crippen molar-refractivity contribution in [1.82, 2.24) is 20.4 Å². The first kappa shape index (κ1) is 19.3. The van der Waals surface area contributed by atoms with Crippen molar-refractivity contribution in [2.75, 3.05) is 13.1 Å². The van der Waals surface area contributed by atoms with Gasteiger partial charge in [-0.3, -0.25) is 19.7 Å². The molecule has 1 aromatic carbocycles. The van der Waals surface area contributed by atoms with Crippen molar-refractivity contribution in [3.05, 3.63) is 62.1 Å². The number of hydrogen-bond acceptors (Lipinski definition) is 6. The molecular weight excluding hydrogens is 338 g/mol. The predicted octanol–water partition coefficient (Wildman–Crippen LogP) is 1.18. The molecule has 0 aliphatic rings. The van der Waals surface area contributed by atoms with Gasteiger partial charge in [0.1, 0.15) is 5.69 Å². The number of likely N-dealkylation sites (N-methyl/N-ethyl adjacent to an activating group) is 1. The molecule has 2 N–H and O–H groups in total. The molecule has 26 heavy (non-hydrogen) atoms. The van der Waals surface area contributed by atoms with Gasteiger partial charge in [0.2, 0.25) is 5.43 Å². The minimum Gasteiger partial charge on any atom is -0.349 e. The maximum absolute atomic E-state index is 12.3. The van der Waals surface area contributed by atoms with E-state index < -0.39 is 16.3 Å². The van der Waals surface area contributed by atoms with Crippen LogP contribution >= 0.6 is 0 Å². The highest BCUT2D eigenvalue weighted by atomic mass is 16.6. The van der Waals surface area contributed by atoms with Crippen molar-refractivity contribution >= 4 is 11.6 Å². The van der Waals surface area contributed by atoms with E-state index in [0.29, 0.717) is 12.2 Å². The third kappa shape index (κ3) is 4.31. The first-order valence-corrected chi connectivity index (χ1v) is 8.21. The minimum atomic E-state index is -0.618. The number of nitrogens with zero attached hydrogens (tertiary/aromatic N) is 3. The minimum absolute atomic E-state index is 0.0341. The molecule has 1 heterocycles. The molecule has 9 nitrogen and oxygen atoms in total. The van der Waals surface area contributed by atoms with E-state index in [1.807, 2.05) is 13.8 Å². The number of aryl methyl sites for hydroxylation is 1. The third-order valence-corrected chi connectivity index (χ3v) is 3.75. The van der Waals surface area contributed by atoms with Crippen molar-refractivity contribution < 1.29 is 9.72 Å². The first-order valence-electron chi connectivity index (χ1n) is 8.21. The maximum Gasteiger partial charge on any atom is 0.294 e. The van der Waals surface area contributed by atoms with E-state index in [1.165, 1.54) is 28.9 Å². The lowest BCUT2D eigenvalue weighted by molar-refractivity contribution is -0.384. The van der Waals surface area contributed by atoms with Crippen LogP contribution in [0, 0.1) is 17.0 Å². The standard InChI is InChI=1S/C17H21N5O4/c1-4-18-11(2)10-19-17(24)16-15(23)9-12(3)21(20-16)13-7-5-6-8-14(13)22(25)26/h5-9,11,18H,4,10H2,1-3H3,(H,19,24)/t11-/m1/s1. The molecule has 2 rings (SSSR count). The number of nitro groups is 1. The summed E-state index contributed by atoms with van der Waals surface area (Å²) in [6, 6.07) is 7.29. The number of para-hydroxylation sites is 2. The van der Waals surface area contributed by atoms with Crippen LogP contribution in [-0.2, 0) is 0 Å². The fraction of sp³-hybridized carbons (Fsp3) is 0.353. The molecule has 0 radical (unpaired) electrons. The molecule has 0 saturated carbocycles. The van der Waals surface area contributed by atoms with Gasteiger partial charge >= 0.3 is 0 Å². The van der Waals surface area contributed by atoms with Crippen molar-refractivity contribution in [3.63, 3.8) is 0 Å². The van der Waals surface area contributed by atoms with E-state index in [2.05, 4.69) is 15.7 Å². The lowest BCUT2D eigenvalue weighted by Gasteiger charge is -2.14. The second-order valence-corrected chi connectivity index (χ2v) is 5.82. The number of nitrogens with one attached hydrogen (secondary N) is 2. The number of carbonyl (C=O) groups excluding carboxylic acids is 1. The van der Waals surface area contributed by atoms with Crippen molar-refractivity contribution in [2.24, 2.45) is 0 Å². The van der Waals surface area contributed by atoms with Gasteiger partial charge in [-0.1, -0.05) is 19.1 Å². The maximum atomic E-state index is 12.3. The second-order valence-electron chi connectivity index (χ2n) is 5.82. The number of rotatable bonds is 7. The molecule has 1 atom stereocenters. The Morgan fingerprint density at radius 1 is 1.38 bits per heavy atom. The highest BCUT2D eigenvalue weighted by molar-refractivity contribution is 5.92. The molecule has 0 unspecified atom stereocenters. The van der Waals surface area contributed by atoms with Crippen LogP contribution in [0.1, 0.15) is 30.0 Å². The van der Waals surface area contributed by atoms with Gasteiger partial charge in [0.05, 0.1) is 4.92 Å². The number of amides is 1. The normalized spacial score (nSPS) is 11.8. The SMILES string of the molecule is CCN[C@H](C)CNC(=O)c1nn(-c2ccccc2[N+](=O)[O-])c(C)cc1=O. The summed E-state index contributed by atoms with van der Waals surface area (Å²) < 4.78 is 1.24. The Kier molecular flexibility index (Phi) is 6.18. The summed E-state index contributed by atoms with van der Waals surface area (Å²) in [4.78, 5) is 35.2. The molecule has 9 heteroatoms. The van der Waals surface area contributed by atoms with E-state index >= 15 is 0 Å². The van der Waals surface area contributed by atoms with Crippen molar-refractivity contribution in [2.45, 2.75) is 26.8 Å². The highest BCUT2D eigenvalue weighted by Gasteiger charge is 2.20. The van der Waals surface area contributed by atoms with Crippen LogP contribution in [0.5, 0.6) is 0 Å². The lowest BCUT2D eigenvalue weighted by Crippen LogP contribution is -2.40. The Labute approximate surface area is 150 Å². The molecule has 0 aliphatic heterocycles. The second kappa shape index (κ2) is 8.34. The molecule has 0 fully saturated rings. The lowest BCUT2D eigenvalue weighted by atomic mass is 10.2. The molecule has 0 saturated heterocycles. The molecular formula is C17H21N5O4. The van der Waals surface area contributed by atoms with Gasteiger partial charge in [-0.2, -0.15) is 5.10 Å². The summed E-state index contributed by atoms with van der Waals surface area (Å²) in [5.41, 5.74) is -0.436. The van der Waals surface area contributed by atoms with Crippen molar-refractivity contribution in [3.8, 4) is 5.69 Å². The highest BCUT2D eigenvalue weighted by Crippen LogP contribution is 2.22. The molecule has 138 valence electrons. The number of benzene rings is 1. The summed E-state index contributed by atoms with van der Waals surface area (Å²) in [6.07, 6.45) is 0. The van der Waals surface area contributed by atoms with Crippen LogP contribution < -0.4 is 16.1 Å². The van der Waals surface area contributed by atoms with Crippen molar-refractivity contribution in [1.29, 1.82) is 0 Å². The Morgan fingerprint density at radius 2 is 2.08 bits per heavy atom. The van der Waals surface area contributed by atoms with E-state index in [-0.39, 0.29) is 23.1 Å². The van der Waals surface area contributed by atoms with E-state index in [0.717, 1.165) is 6.54 Å². The van der Waals surface area contributed by atoms with Gasteiger partial charge in [-0.25, -0.2) is 4.68 Å². The summed E-state index contributed by atoms with van der Waals surface area (Å²) in [6.45, 7) is 6.53. The Bertz CT molecular complexity index is 878. The molecule has 1 aromatic heterocycles. The first-order chi connectivity index (χ1) is 12.3. The van der Waals surface area contributed by atoms with Gasteiger partial charge in [0.15, 0.2) is 5.69 Å². The molecule has 1 amide bonds. The number of hydrogen-bond donors (Lipinski definition) is 2. The zero-order valence-corrected chi connectivity index (χ0v) is 14.9. The molecule has 0 spiro atoms. The number of nitro benzene ring substituents is 1. The summed E-state index contributed by atoms with van der Waals surface area (Å²) in [5.74, 6) is -0.618. The van der Waals surface area contributed by atoms with Crippen LogP contribution in [0.25, 0.3) is 5.69 Å². The average molecular weight is 359 g/mol. The molecule has 2 aromatic rings. The summed E-state index contributed by atoms with van der Waals surface area (Å²) in [7, 11) is 0. The van der Waals surface area contributed by atoms with Crippen LogP contribution in [-0.4, -0.2) is 39.7 Å². The zero-order chi connectivity index (χ0) is 19.3.